The number of hydrogen-bond acceptors (Lipinski definition) is 5. The Morgan fingerprint density at radius 1 is 1.21 bits per heavy atom. The Morgan fingerprint density at radius 3 is 2.58 bits per heavy atom. The molecule has 3 aromatic carbocycles. The topological polar surface area (TPSA) is 78.7 Å². The number of benzene rings is 3. The summed E-state index contributed by atoms with van der Waals surface area (Å²) in [4.78, 5) is 34.0. The van der Waals surface area contributed by atoms with Gasteiger partial charge in [-0.15, -0.1) is 6.42 Å². The summed E-state index contributed by atoms with van der Waals surface area (Å²) in [5.41, 5.74) is 0.0670. The van der Waals surface area contributed by atoms with E-state index < -0.39 is 40.2 Å². The molecule has 0 saturated carbocycles. The maximum atomic E-state index is 17.0. The molecule has 220 valence electrons. The van der Waals surface area contributed by atoms with Crippen LogP contribution in [0.1, 0.15) is 30.9 Å². The molecule has 7 nitrogen and oxygen atoms in total. The minimum Gasteiger partial charge on any atom is -0.507 e. The largest absolute Gasteiger partial charge is 0.507 e. The van der Waals surface area contributed by atoms with E-state index >= 15 is 8.78 Å². The standard InChI is InChI=1S/C33H29ClF2N4O3/c1-6-20-17-38(26(42)7-2)14-15-39(20)32-22-16-23(34)27(28-24(35)12-9-13-25(28)41)29(36)31(22)40(33(43)37-32)30-19(5)10-8-11-21(30)18(3)4/h1,7-13,16,18,20,41H,2,14-15,17H2,3-5H3/t20-/m0/s1. The number of fused-ring (bicyclic) bond motifs is 1. The van der Waals surface area contributed by atoms with Crippen molar-refractivity contribution in [2.75, 3.05) is 24.5 Å². The number of halogens is 3. The molecule has 1 aromatic heterocycles. The zero-order valence-corrected chi connectivity index (χ0v) is 24.6. The summed E-state index contributed by atoms with van der Waals surface area (Å²) in [6.45, 7) is 9.80. The number of hydrogen-bond donors (Lipinski definition) is 1. The molecule has 1 aliphatic heterocycles. The van der Waals surface area contributed by atoms with Crippen molar-refractivity contribution >= 4 is 34.2 Å². The number of aryl methyl sites for hydroxylation is 1. The van der Waals surface area contributed by atoms with E-state index in [0.29, 0.717) is 11.3 Å². The van der Waals surface area contributed by atoms with Crippen molar-refractivity contribution in [3.63, 3.8) is 0 Å². The molecule has 1 atom stereocenters. The van der Waals surface area contributed by atoms with Gasteiger partial charge in [-0.3, -0.25) is 9.36 Å². The summed E-state index contributed by atoms with van der Waals surface area (Å²) in [7, 11) is 0. The molecule has 0 radical (unpaired) electrons. The van der Waals surface area contributed by atoms with Crippen LogP contribution < -0.4 is 10.6 Å². The molecule has 1 fully saturated rings. The van der Waals surface area contributed by atoms with Gasteiger partial charge >= 0.3 is 5.69 Å². The van der Waals surface area contributed by atoms with Crippen molar-refractivity contribution in [1.82, 2.24) is 14.5 Å². The average molecular weight is 603 g/mol. The van der Waals surface area contributed by atoms with E-state index in [-0.39, 0.29) is 53.2 Å². The summed E-state index contributed by atoms with van der Waals surface area (Å²) in [5.74, 6) is -0.0442. The Morgan fingerprint density at radius 2 is 1.93 bits per heavy atom. The van der Waals surface area contributed by atoms with Gasteiger partial charge in [-0.1, -0.05) is 62.2 Å². The van der Waals surface area contributed by atoms with E-state index in [1.54, 1.807) is 17.9 Å². The van der Waals surface area contributed by atoms with Gasteiger partial charge in [-0.2, -0.15) is 4.98 Å². The number of piperazine rings is 1. The third-order valence-electron chi connectivity index (χ3n) is 7.74. The van der Waals surface area contributed by atoms with Gasteiger partial charge in [0, 0.05) is 24.0 Å². The van der Waals surface area contributed by atoms with Crippen molar-refractivity contribution in [2.45, 2.75) is 32.7 Å². The highest BCUT2D eigenvalue weighted by atomic mass is 35.5. The highest BCUT2D eigenvalue weighted by Crippen LogP contribution is 2.43. The molecule has 1 aliphatic rings. The molecule has 0 bridgehead atoms. The predicted octanol–water partition coefficient (Wildman–Crippen LogP) is 5.96. The third-order valence-corrected chi connectivity index (χ3v) is 8.04. The second kappa shape index (κ2) is 11.5. The normalized spacial score (nSPS) is 15.2. The van der Waals surface area contributed by atoms with E-state index in [2.05, 4.69) is 17.5 Å². The first-order valence-electron chi connectivity index (χ1n) is 13.7. The second-order valence-electron chi connectivity index (χ2n) is 10.7. The van der Waals surface area contributed by atoms with Gasteiger partial charge in [-0.25, -0.2) is 13.6 Å². The van der Waals surface area contributed by atoms with Gasteiger partial charge in [0.25, 0.3) is 0 Å². The fourth-order valence-corrected chi connectivity index (χ4v) is 5.96. The summed E-state index contributed by atoms with van der Waals surface area (Å²) >= 11 is 6.65. The first-order chi connectivity index (χ1) is 20.5. The molecule has 2 heterocycles. The Hall–Kier alpha value is -4.68. The fourth-order valence-electron chi connectivity index (χ4n) is 5.67. The second-order valence-corrected chi connectivity index (χ2v) is 11.1. The highest BCUT2D eigenvalue weighted by molar-refractivity contribution is 6.34. The van der Waals surface area contributed by atoms with E-state index in [4.69, 9.17) is 18.0 Å². The number of amides is 1. The number of terminal acetylenes is 1. The Bertz CT molecular complexity index is 1880. The number of para-hydroxylation sites is 1. The molecule has 10 heteroatoms. The number of nitrogens with zero attached hydrogens (tertiary/aromatic N) is 4. The zero-order chi connectivity index (χ0) is 31.2. The number of aromatic nitrogens is 2. The number of rotatable bonds is 5. The van der Waals surface area contributed by atoms with Crippen molar-refractivity contribution in [3.05, 3.63) is 93.4 Å². The molecular weight excluding hydrogens is 574 g/mol. The van der Waals surface area contributed by atoms with Crippen LogP contribution in [-0.4, -0.2) is 51.1 Å². The van der Waals surface area contributed by atoms with Crippen molar-refractivity contribution in [2.24, 2.45) is 0 Å². The van der Waals surface area contributed by atoms with Gasteiger partial charge in [-0.05, 0) is 48.2 Å². The van der Waals surface area contributed by atoms with Crippen LogP contribution in [0.4, 0.5) is 14.6 Å². The van der Waals surface area contributed by atoms with Gasteiger partial charge < -0.3 is 14.9 Å². The summed E-state index contributed by atoms with van der Waals surface area (Å²) in [5, 5.41) is 10.5. The molecule has 1 amide bonds. The van der Waals surface area contributed by atoms with Crippen LogP contribution in [0.2, 0.25) is 5.02 Å². The highest BCUT2D eigenvalue weighted by Gasteiger charge is 2.33. The lowest BCUT2D eigenvalue weighted by Crippen LogP contribution is -2.54. The number of anilines is 1. The Balaban J connectivity index is 1.90. The Labute approximate surface area is 252 Å². The van der Waals surface area contributed by atoms with Gasteiger partial charge in [0.15, 0.2) is 5.82 Å². The minimum atomic E-state index is -1.01. The minimum absolute atomic E-state index is 0.0525. The lowest BCUT2D eigenvalue weighted by Gasteiger charge is -2.40. The van der Waals surface area contributed by atoms with Crippen molar-refractivity contribution < 1.29 is 18.7 Å². The van der Waals surface area contributed by atoms with Crippen LogP contribution in [0, 0.1) is 30.9 Å². The van der Waals surface area contributed by atoms with E-state index in [1.807, 2.05) is 26.0 Å². The summed E-state index contributed by atoms with van der Waals surface area (Å²) in [6, 6.07) is 9.80. The fraction of sp³-hybridized carbons (Fsp3) is 0.242. The molecule has 43 heavy (non-hydrogen) atoms. The van der Waals surface area contributed by atoms with E-state index in [9.17, 15) is 14.7 Å². The lowest BCUT2D eigenvalue weighted by molar-refractivity contribution is -0.126. The molecule has 5 rings (SSSR count). The van der Waals surface area contributed by atoms with Crippen molar-refractivity contribution in [3.8, 4) is 34.9 Å². The third kappa shape index (κ3) is 5.02. The number of carbonyl (C=O) groups excluding carboxylic acids is 1. The van der Waals surface area contributed by atoms with E-state index in [0.717, 1.165) is 11.6 Å². The van der Waals surface area contributed by atoms with Gasteiger partial charge in [0.1, 0.15) is 23.4 Å². The molecular formula is C33H29ClF2N4O3. The molecule has 1 saturated heterocycles. The van der Waals surface area contributed by atoms with Crippen LogP contribution in [0.3, 0.4) is 0 Å². The van der Waals surface area contributed by atoms with Gasteiger partial charge in [0.05, 0.1) is 28.3 Å². The SMILES string of the molecule is C#C[C@H]1CN(C(=O)C=C)CCN1c1nc(=O)n(-c2c(C)cccc2C(C)C)c2c(F)c(-c3c(O)cccc3F)c(Cl)cc12. The summed E-state index contributed by atoms with van der Waals surface area (Å²) in [6.07, 6.45) is 7.06. The number of phenolic OH excluding ortho intramolecular Hbond substituents is 1. The number of aromatic hydroxyl groups is 1. The first-order valence-corrected chi connectivity index (χ1v) is 14.0. The van der Waals surface area contributed by atoms with Gasteiger partial charge in [0.2, 0.25) is 5.91 Å². The van der Waals surface area contributed by atoms with Crippen LogP contribution in [0.15, 0.2) is 59.9 Å². The predicted molar refractivity (Wildman–Crippen MR) is 165 cm³/mol. The smallest absolute Gasteiger partial charge is 0.354 e. The van der Waals surface area contributed by atoms with Crippen LogP contribution >= 0.6 is 11.6 Å². The number of phenols is 1. The Kier molecular flexibility index (Phi) is 8.00. The average Bonchev–Trinajstić information content (AvgIpc) is 2.98. The zero-order valence-electron chi connectivity index (χ0n) is 23.9. The molecule has 0 aliphatic carbocycles. The molecule has 4 aromatic rings. The molecule has 0 spiro atoms. The molecule has 0 unspecified atom stereocenters. The van der Waals surface area contributed by atoms with Crippen LogP contribution in [0.5, 0.6) is 5.75 Å². The van der Waals surface area contributed by atoms with Crippen LogP contribution in [0.25, 0.3) is 27.7 Å². The monoisotopic (exact) mass is 602 g/mol. The lowest BCUT2D eigenvalue weighted by atomic mass is 9.96. The van der Waals surface area contributed by atoms with Crippen LogP contribution in [-0.2, 0) is 4.79 Å². The van der Waals surface area contributed by atoms with Crippen molar-refractivity contribution in [1.29, 1.82) is 0 Å². The quantitative estimate of drug-likeness (QED) is 0.225. The first kappa shape index (κ1) is 29.8. The van der Waals surface area contributed by atoms with E-state index in [1.165, 1.54) is 33.7 Å². The maximum absolute atomic E-state index is 17.0. The molecule has 1 N–H and O–H groups in total. The summed E-state index contributed by atoms with van der Waals surface area (Å²) < 4.78 is 33.3. The number of carbonyl (C=O) groups is 1. The maximum Gasteiger partial charge on any atom is 0.354 e.